The molecule has 0 unspecified atom stereocenters. The predicted molar refractivity (Wildman–Crippen MR) is 111 cm³/mol. The summed E-state index contributed by atoms with van der Waals surface area (Å²) >= 11 is 6.04. The monoisotopic (exact) mass is 379 g/mol. The highest BCUT2D eigenvalue weighted by Crippen LogP contribution is 2.23. The smallest absolute Gasteiger partial charge is 0.272 e. The van der Waals surface area contributed by atoms with Crippen molar-refractivity contribution in [3.63, 3.8) is 0 Å². The second-order valence-electron chi connectivity index (χ2n) is 6.63. The lowest BCUT2D eigenvalue weighted by Crippen LogP contribution is -2.18. The number of hydrogen-bond acceptors (Lipinski definition) is 2. The van der Waals surface area contributed by atoms with Gasteiger partial charge in [0.05, 0.1) is 16.8 Å². The van der Waals surface area contributed by atoms with Crippen LogP contribution in [0.25, 0.3) is 5.69 Å². The van der Waals surface area contributed by atoms with Crippen LogP contribution in [0.3, 0.4) is 0 Å². The molecule has 0 aliphatic heterocycles. The van der Waals surface area contributed by atoms with Crippen LogP contribution in [0.2, 0.25) is 5.02 Å². The molecule has 1 heterocycles. The van der Waals surface area contributed by atoms with Crippen LogP contribution in [-0.2, 0) is 0 Å². The fraction of sp³-hybridized carbons (Fsp3) is 0.182. The zero-order valence-electron chi connectivity index (χ0n) is 15.9. The highest BCUT2D eigenvalue weighted by Gasteiger charge is 2.12. The van der Waals surface area contributed by atoms with Gasteiger partial charge in [0.1, 0.15) is 0 Å². The molecule has 4 nitrogen and oxygen atoms in total. The molecule has 1 aromatic heterocycles. The van der Waals surface area contributed by atoms with E-state index in [-0.39, 0.29) is 5.91 Å². The standard InChI is InChI=1S/C22H22ClN3O/c1-14-9-10-21(15(2)11-14)26-16(3)12-18(17(26)4)13-24-25-22(27)19-7-5-6-8-20(19)23/h5-13H,1-4H3,(H,25,27)/b24-13-. The van der Waals surface area contributed by atoms with Crippen LogP contribution >= 0.6 is 11.6 Å². The molecule has 0 saturated carbocycles. The largest absolute Gasteiger partial charge is 0.318 e. The van der Waals surface area contributed by atoms with Crippen molar-refractivity contribution in [2.24, 2.45) is 5.10 Å². The number of aryl methyl sites for hydroxylation is 3. The molecular weight excluding hydrogens is 358 g/mol. The van der Waals surface area contributed by atoms with Crippen LogP contribution < -0.4 is 5.43 Å². The number of aromatic nitrogens is 1. The van der Waals surface area contributed by atoms with Gasteiger partial charge < -0.3 is 4.57 Å². The van der Waals surface area contributed by atoms with E-state index >= 15 is 0 Å². The van der Waals surface area contributed by atoms with Crippen molar-refractivity contribution in [1.82, 2.24) is 9.99 Å². The van der Waals surface area contributed by atoms with Gasteiger partial charge in [0.2, 0.25) is 0 Å². The number of nitrogens with zero attached hydrogens (tertiary/aromatic N) is 2. The Kier molecular flexibility index (Phi) is 5.47. The Labute approximate surface area is 164 Å². The minimum atomic E-state index is -0.333. The molecule has 27 heavy (non-hydrogen) atoms. The van der Waals surface area contributed by atoms with Crippen molar-refractivity contribution in [3.05, 3.63) is 87.2 Å². The Morgan fingerprint density at radius 1 is 1.07 bits per heavy atom. The van der Waals surface area contributed by atoms with Gasteiger partial charge in [-0.3, -0.25) is 4.79 Å². The maximum Gasteiger partial charge on any atom is 0.272 e. The zero-order valence-corrected chi connectivity index (χ0v) is 16.6. The van der Waals surface area contributed by atoms with Crippen LogP contribution in [0.5, 0.6) is 0 Å². The Balaban J connectivity index is 1.83. The Morgan fingerprint density at radius 2 is 1.81 bits per heavy atom. The molecular formula is C22H22ClN3O. The summed E-state index contributed by atoms with van der Waals surface area (Å²) < 4.78 is 2.20. The van der Waals surface area contributed by atoms with E-state index in [1.807, 2.05) is 6.92 Å². The number of hydrazone groups is 1. The topological polar surface area (TPSA) is 46.4 Å². The van der Waals surface area contributed by atoms with Crippen LogP contribution in [0.4, 0.5) is 0 Å². The third-order valence-corrected chi connectivity index (χ3v) is 4.88. The molecule has 0 fully saturated rings. The molecule has 138 valence electrons. The molecule has 3 rings (SSSR count). The summed E-state index contributed by atoms with van der Waals surface area (Å²) in [7, 11) is 0. The van der Waals surface area contributed by atoms with E-state index < -0.39 is 0 Å². The SMILES string of the molecule is Cc1ccc(-n2c(C)cc(/C=N\NC(=O)c3ccccc3Cl)c2C)c(C)c1. The second-order valence-corrected chi connectivity index (χ2v) is 7.04. The van der Waals surface area contributed by atoms with Crippen LogP contribution in [-0.4, -0.2) is 16.7 Å². The van der Waals surface area contributed by atoms with Gasteiger partial charge in [-0.05, 0) is 57.5 Å². The van der Waals surface area contributed by atoms with Crippen molar-refractivity contribution < 1.29 is 4.79 Å². The lowest BCUT2D eigenvalue weighted by molar-refractivity contribution is 0.0955. The number of rotatable bonds is 4. The van der Waals surface area contributed by atoms with Gasteiger partial charge in [-0.15, -0.1) is 0 Å². The fourth-order valence-corrected chi connectivity index (χ4v) is 3.43. The van der Waals surface area contributed by atoms with Crippen molar-refractivity contribution >= 4 is 23.7 Å². The number of nitrogens with one attached hydrogen (secondary N) is 1. The van der Waals surface area contributed by atoms with Gasteiger partial charge in [-0.1, -0.05) is 41.4 Å². The van der Waals surface area contributed by atoms with Crippen LogP contribution in [0, 0.1) is 27.7 Å². The summed E-state index contributed by atoms with van der Waals surface area (Å²) in [4.78, 5) is 12.2. The van der Waals surface area contributed by atoms with Gasteiger partial charge in [0, 0.05) is 22.6 Å². The lowest BCUT2D eigenvalue weighted by atomic mass is 10.1. The third kappa shape index (κ3) is 3.96. The molecule has 0 saturated heterocycles. The van der Waals surface area contributed by atoms with E-state index in [1.165, 1.54) is 11.1 Å². The van der Waals surface area contributed by atoms with E-state index in [1.54, 1.807) is 30.5 Å². The minimum Gasteiger partial charge on any atom is -0.318 e. The van der Waals surface area contributed by atoms with Gasteiger partial charge in [-0.2, -0.15) is 5.10 Å². The quantitative estimate of drug-likeness (QED) is 0.495. The van der Waals surface area contributed by atoms with E-state index in [0.717, 1.165) is 22.6 Å². The van der Waals surface area contributed by atoms with E-state index in [2.05, 4.69) is 60.1 Å². The summed E-state index contributed by atoms with van der Waals surface area (Å²) in [6.45, 7) is 8.31. The van der Waals surface area contributed by atoms with Crippen LogP contribution in [0.15, 0.2) is 53.6 Å². The highest BCUT2D eigenvalue weighted by molar-refractivity contribution is 6.33. The molecule has 0 aliphatic carbocycles. The fourth-order valence-electron chi connectivity index (χ4n) is 3.21. The number of carbonyl (C=O) groups excluding carboxylic acids is 1. The Bertz CT molecular complexity index is 1030. The molecule has 0 spiro atoms. The summed E-state index contributed by atoms with van der Waals surface area (Å²) in [6, 6.07) is 15.4. The van der Waals surface area contributed by atoms with Crippen molar-refractivity contribution in [2.75, 3.05) is 0 Å². The van der Waals surface area contributed by atoms with E-state index in [4.69, 9.17) is 11.6 Å². The maximum absolute atomic E-state index is 12.2. The van der Waals surface area contributed by atoms with Gasteiger partial charge in [0.25, 0.3) is 5.91 Å². The summed E-state index contributed by atoms with van der Waals surface area (Å²) in [6.07, 6.45) is 1.66. The molecule has 1 amide bonds. The van der Waals surface area contributed by atoms with E-state index in [9.17, 15) is 4.79 Å². The average molecular weight is 380 g/mol. The second kappa shape index (κ2) is 7.80. The average Bonchev–Trinajstić information content (AvgIpc) is 2.89. The molecule has 0 atom stereocenters. The van der Waals surface area contributed by atoms with Gasteiger partial charge in [0.15, 0.2) is 0 Å². The zero-order chi connectivity index (χ0) is 19.6. The Hall–Kier alpha value is -2.85. The van der Waals surface area contributed by atoms with Crippen molar-refractivity contribution in [1.29, 1.82) is 0 Å². The molecule has 0 aliphatic rings. The minimum absolute atomic E-state index is 0.333. The first-order chi connectivity index (χ1) is 12.9. The number of amides is 1. The van der Waals surface area contributed by atoms with Crippen molar-refractivity contribution in [2.45, 2.75) is 27.7 Å². The molecule has 0 bridgehead atoms. The normalized spacial score (nSPS) is 11.1. The van der Waals surface area contributed by atoms with Crippen molar-refractivity contribution in [3.8, 4) is 5.69 Å². The predicted octanol–water partition coefficient (Wildman–Crippen LogP) is 5.13. The van der Waals surface area contributed by atoms with Gasteiger partial charge >= 0.3 is 0 Å². The summed E-state index contributed by atoms with van der Waals surface area (Å²) in [5, 5.41) is 4.51. The lowest BCUT2D eigenvalue weighted by Gasteiger charge is -2.13. The molecule has 0 radical (unpaired) electrons. The van der Waals surface area contributed by atoms with Gasteiger partial charge in [-0.25, -0.2) is 5.43 Å². The molecule has 3 aromatic rings. The third-order valence-electron chi connectivity index (χ3n) is 4.55. The first-order valence-electron chi connectivity index (χ1n) is 8.73. The first-order valence-corrected chi connectivity index (χ1v) is 9.11. The number of halogens is 1. The number of benzene rings is 2. The van der Waals surface area contributed by atoms with Crippen LogP contribution in [0.1, 0.15) is 38.4 Å². The highest BCUT2D eigenvalue weighted by atomic mass is 35.5. The van der Waals surface area contributed by atoms with E-state index in [0.29, 0.717) is 10.6 Å². The summed E-state index contributed by atoms with van der Waals surface area (Å²) in [5.41, 5.74) is 9.67. The first kappa shape index (κ1) is 18.9. The number of hydrogen-bond donors (Lipinski definition) is 1. The maximum atomic E-state index is 12.2. The summed E-state index contributed by atoms with van der Waals surface area (Å²) in [5.74, 6) is -0.333. The number of carbonyl (C=O) groups is 1. The molecule has 5 heteroatoms. The Morgan fingerprint density at radius 3 is 2.52 bits per heavy atom. The molecule has 1 N–H and O–H groups in total. The molecule has 2 aromatic carbocycles.